The van der Waals surface area contributed by atoms with Crippen LogP contribution in [-0.4, -0.2) is 28.5 Å². The molecule has 0 radical (unpaired) electrons. The standard InChI is InChI=1S/C23H19FN2O4S2/c1-26(32(28,29)20-10-8-19(30-2)9-11-20)18-7-12-21-15(13-18)14-22(31-21)23(27)25-17-5-3-16(24)4-6-17/h3-14H,1-2H3,(H,25,27). The van der Waals surface area contributed by atoms with Crippen LogP contribution in [0.5, 0.6) is 5.75 Å². The molecule has 32 heavy (non-hydrogen) atoms. The molecular formula is C23H19FN2O4S2. The van der Waals surface area contributed by atoms with Crippen LogP contribution in [0.15, 0.2) is 77.7 Å². The molecule has 0 aliphatic rings. The highest BCUT2D eigenvalue weighted by Gasteiger charge is 2.22. The molecule has 3 aromatic carbocycles. The molecule has 1 N–H and O–H groups in total. The zero-order chi connectivity index (χ0) is 22.9. The maximum absolute atomic E-state index is 13.1. The van der Waals surface area contributed by atoms with Crippen LogP contribution in [0.2, 0.25) is 0 Å². The first-order valence-corrected chi connectivity index (χ1v) is 11.8. The molecule has 0 atom stereocenters. The summed E-state index contributed by atoms with van der Waals surface area (Å²) >= 11 is 1.29. The Bertz CT molecular complexity index is 1380. The van der Waals surface area contributed by atoms with Gasteiger partial charge in [-0.1, -0.05) is 0 Å². The van der Waals surface area contributed by atoms with Gasteiger partial charge in [0.15, 0.2) is 0 Å². The number of benzene rings is 3. The maximum Gasteiger partial charge on any atom is 0.265 e. The Labute approximate surface area is 188 Å². The van der Waals surface area contributed by atoms with Crippen LogP contribution >= 0.6 is 11.3 Å². The molecule has 0 aliphatic heterocycles. The average molecular weight is 471 g/mol. The molecule has 0 saturated heterocycles. The Morgan fingerprint density at radius 3 is 2.34 bits per heavy atom. The van der Waals surface area contributed by atoms with E-state index in [0.29, 0.717) is 22.0 Å². The van der Waals surface area contributed by atoms with Crippen molar-refractivity contribution in [3.63, 3.8) is 0 Å². The minimum Gasteiger partial charge on any atom is -0.497 e. The van der Waals surface area contributed by atoms with E-state index in [2.05, 4.69) is 5.32 Å². The van der Waals surface area contributed by atoms with Crippen molar-refractivity contribution in [3.8, 4) is 5.75 Å². The Morgan fingerprint density at radius 1 is 1.00 bits per heavy atom. The topological polar surface area (TPSA) is 75.7 Å². The summed E-state index contributed by atoms with van der Waals surface area (Å²) in [6, 6.07) is 18.6. The van der Waals surface area contributed by atoms with Crippen LogP contribution in [0.25, 0.3) is 10.1 Å². The zero-order valence-electron chi connectivity index (χ0n) is 17.2. The molecule has 0 fully saturated rings. The molecular weight excluding hydrogens is 451 g/mol. The molecule has 164 valence electrons. The minimum absolute atomic E-state index is 0.144. The fraction of sp³-hybridized carbons (Fsp3) is 0.0870. The van der Waals surface area contributed by atoms with Crippen molar-refractivity contribution >= 4 is 48.7 Å². The number of methoxy groups -OCH3 is 1. The molecule has 1 amide bonds. The second-order valence-electron chi connectivity index (χ2n) is 6.94. The average Bonchev–Trinajstić information content (AvgIpc) is 3.23. The van der Waals surface area contributed by atoms with Gasteiger partial charge in [0.25, 0.3) is 15.9 Å². The lowest BCUT2D eigenvalue weighted by atomic mass is 10.2. The first-order valence-electron chi connectivity index (χ1n) is 9.51. The number of hydrogen-bond acceptors (Lipinski definition) is 5. The van der Waals surface area contributed by atoms with E-state index in [1.54, 1.807) is 36.4 Å². The summed E-state index contributed by atoms with van der Waals surface area (Å²) in [5.41, 5.74) is 0.955. The van der Waals surface area contributed by atoms with Crippen molar-refractivity contribution in [2.75, 3.05) is 23.8 Å². The molecule has 0 saturated carbocycles. The number of rotatable bonds is 6. The highest BCUT2D eigenvalue weighted by Crippen LogP contribution is 2.32. The molecule has 0 unspecified atom stereocenters. The van der Waals surface area contributed by atoms with E-state index in [9.17, 15) is 17.6 Å². The van der Waals surface area contributed by atoms with Gasteiger partial charge in [0.05, 0.1) is 22.6 Å². The quantitative estimate of drug-likeness (QED) is 0.424. The Hall–Kier alpha value is -3.43. The van der Waals surface area contributed by atoms with Crippen LogP contribution in [-0.2, 0) is 10.0 Å². The second kappa shape index (κ2) is 8.60. The third-order valence-corrected chi connectivity index (χ3v) is 7.82. The second-order valence-corrected chi connectivity index (χ2v) is 9.99. The van der Waals surface area contributed by atoms with Gasteiger partial charge in [-0.05, 0) is 78.2 Å². The van der Waals surface area contributed by atoms with E-state index >= 15 is 0 Å². The van der Waals surface area contributed by atoms with E-state index in [1.807, 2.05) is 0 Å². The first-order chi connectivity index (χ1) is 15.3. The van der Waals surface area contributed by atoms with Gasteiger partial charge in [-0.3, -0.25) is 9.10 Å². The number of thiophene rings is 1. The number of amides is 1. The lowest BCUT2D eigenvalue weighted by Crippen LogP contribution is -2.26. The van der Waals surface area contributed by atoms with Crippen molar-refractivity contribution < 1.29 is 22.3 Å². The Balaban J connectivity index is 1.59. The predicted molar refractivity (Wildman–Crippen MR) is 125 cm³/mol. The number of carbonyl (C=O) groups excluding carboxylic acids is 1. The summed E-state index contributed by atoms with van der Waals surface area (Å²) in [5, 5.41) is 3.47. The van der Waals surface area contributed by atoms with E-state index in [0.717, 1.165) is 10.1 Å². The number of ether oxygens (including phenoxy) is 1. The number of fused-ring (bicyclic) bond motifs is 1. The Morgan fingerprint density at radius 2 is 1.69 bits per heavy atom. The van der Waals surface area contributed by atoms with E-state index in [-0.39, 0.29) is 16.6 Å². The summed E-state index contributed by atoms with van der Waals surface area (Å²) in [7, 11) is -0.773. The van der Waals surface area contributed by atoms with Crippen molar-refractivity contribution in [1.82, 2.24) is 0 Å². The lowest BCUT2D eigenvalue weighted by Gasteiger charge is -2.19. The molecule has 1 heterocycles. The van der Waals surface area contributed by atoms with Gasteiger partial charge in [-0.25, -0.2) is 12.8 Å². The van der Waals surface area contributed by atoms with Gasteiger partial charge in [-0.15, -0.1) is 11.3 Å². The lowest BCUT2D eigenvalue weighted by molar-refractivity contribution is 0.103. The molecule has 1 aromatic heterocycles. The normalized spacial score (nSPS) is 11.3. The van der Waals surface area contributed by atoms with Crippen molar-refractivity contribution in [3.05, 3.63) is 83.5 Å². The van der Waals surface area contributed by atoms with Crippen LogP contribution in [0.4, 0.5) is 15.8 Å². The third kappa shape index (κ3) is 4.30. The summed E-state index contributed by atoms with van der Waals surface area (Å²) < 4.78 is 46.2. The molecule has 0 spiro atoms. The zero-order valence-corrected chi connectivity index (χ0v) is 18.8. The summed E-state index contributed by atoms with van der Waals surface area (Å²) in [6.07, 6.45) is 0. The van der Waals surface area contributed by atoms with Gasteiger partial charge in [0.2, 0.25) is 0 Å². The van der Waals surface area contributed by atoms with Gasteiger partial charge in [0, 0.05) is 17.4 Å². The molecule has 9 heteroatoms. The summed E-state index contributed by atoms with van der Waals surface area (Å²) in [6.45, 7) is 0. The largest absolute Gasteiger partial charge is 0.497 e. The SMILES string of the molecule is COc1ccc(S(=O)(=O)N(C)c2ccc3sc(C(=O)Nc4ccc(F)cc4)cc3c2)cc1. The van der Waals surface area contributed by atoms with Gasteiger partial charge in [-0.2, -0.15) is 0 Å². The van der Waals surface area contributed by atoms with E-state index in [1.165, 1.54) is 66.2 Å². The number of halogens is 1. The van der Waals surface area contributed by atoms with E-state index < -0.39 is 10.0 Å². The molecule has 6 nitrogen and oxygen atoms in total. The number of anilines is 2. The fourth-order valence-electron chi connectivity index (χ4n) is 3.11. The molecule has 4 rings (SSSR count). The van der Waals surface area contributed by atoms with Crippen LogP contribution in [0.1, 0.15) is 9.67 Å². The highest BCUT2D eigenvalue weighted by atomic mass is 32.2. The van der Waals surface area contributed by atoms with Gasteiger partial charge < -0.3 is 10.1 Å². The fourth-order valence-corrected chi connectivity index (χ4v) is 5.23. The molecule has 4 aromatic rings. The number of sulfonamides is 1. The summed E-state index contributed by atoms with van der Waals surface area (Å²) in [4.78, 5) is 13.2. The number of carbonyl (C=O) groups is 1. The molecule has 0 aliphatic carbocycles. The highest BCUT2D eigenvalue weighted by molar-refractivity contribution is 7.92. The monoisotopic (exact) mass is 470 g/mol. The number of hydrogen-bond donors (Lipinski definition) is 1. The Kier molecular flexibility index (Phi) is 5.86. The smallest absolute Gasteiger partial charge is 0.265 e. The van der Waals surface area contributed by atoms with Crippen LogP contribution in [0.3, 0.4) is 0 Å². The number of nitrogens with zero attached hydrogens (tertiary/aromatic N) is 1. The van der Waals surface area contributed by atoms with Gasteiger partial charge >= 0.3 is 0 Å². The van der Waals surface area contributed by atoms with Crippen molar-refractivity contribution in [1.29, 1.82) is 0 Å². The number of nitrogens with one attached hydrogen (secondary N) is 1. The summed E-state index contributed by atoms with van der Waals surface area (Å²) in [5.74, 6) is -0.137. The first kappa shape index (κ1) is 21.8. The maximum atomic E-state index is 13.1. The molecule has 0 bridgehead atoms. The van der Waals surface area contributed by atoms with Gasteiger partial charge in [0.1, 0.15) is 11.6 Å². The van der Waals surface area contributed by atoms with Crippen molar-refractivity contribution in [2.24, 2.45) is 0 Å². The third-order valence-electron chi connectivity index (χ3n) is 4.91. The van der Waals surface area contributed by atoms with E-state index in [4.69, 9.17) is 4.74 Å². The van der Waals surface area contributed by atoms with Crippen molar-refractivity contribution in [2.45, 2.75) is 4.90 Å². The van der Waals surface area contributed by atoms with Crippen LogP contribution in [0, 0.1) is 5.82 Å². The van der Waals surface area contributed by atoms with Crippen LogP contribution < -0.4 is 14.4 Å². The minimum atomic E-state index is -3.77. The predicted octanol–water partition coefficient (Wildman–Crippen LogP) is 5.13.